The van der Waals surface area contributed by atoms with Crippen molar-refractivity contribution < 1.29 is 4.74 Å². The summed E-state index contributed by atoms with van der Waals surface area (Å²) in [4.78, 5) is 3.96. The van der Waals surface area contributed by atoms with E-state index in [-0.39, 0.29) is 0 Å². The molecular weight excluding hydrogens is 200 g/mol. The third-order valence-corrected chi connectivity index (χ3v) is 2.32. The highest BCUT2D eigenvalue weighted by Gasteiger charge is 1.98. The minimum Gasteiger partial charge on any atom is -0.491 e. The normalized spacial score (nSPS) is 10.0. The van der Waals surface area contributed by atoms with E-state index in [2.05, 4.69) is 4.98 Å². The maximum absolute atomic E-state index is 5.77. The van der Waals surface area contributed by atoms with Crippen molar-refractivity contribution in [2.75, 3.05) is 12.3 Å². The number of pyridine rings is 1. The molecule has 2 aromatic rings. The zero-order valence-electron chi connectivity index (χ0n) is 8.97. The second kappa shape index (κ2) is 5.16. The van der Waals surface area contributed by atoms with Gasteiger partial charge in [-0.2, -0.15) is 0 Å². The summed E-state index contributed by atoms with van der Waals surface area (Å²) >= 11 is 0. The number of anilines is 1. The molecule has 3 heteroatoms. The summed E-state index contributed by atoms with van der Waals surface area (Å²) in [5, 5.41) is 0. The summed E-state index contributed by atoms with van der Waals surface area (Å²) in [6.07, 6.45) is 4.43. The molecule has 1 aromatic carbocycles. The van der Waals surface area contributed by atoms with Crippen LogP contribution in [0.25, 0.3) is 0 Å². The van der Waals surface area contributed by atoms with Crippen LogP contribution in [-0.4, -0.2) is 11.6 Å². The van der Waals surface area contributed by atoms with Gasteiger partial charge in [-0.05, 0) is 29.8 Å². The zero-order chi connectivity index (χ0) is 11.2. The van der Waals surface area contributed by atoms with Crippen molar-refractivity contribution in [2.45, 2.75) is 6.42 Å². The first-order valence-corrected chi connectivity index (χ1v) is 5.22. The van der Waals surface area contributed by atoms with Gasteiger partial charge in [0.25, 0.3) is 0 Å². The standard InChI is InChI=1S/C13H14N2O/c14-12-3-1-2-4-13(12)16-10-7-11-5-8-15-9-6-11/h1-6,8-9H,7,10,14H2. The smallest absolute Gasteiger partial charge is 0.142 e. The average Bonchev–Trinajstić information content (AvgIpc) is 2.33. The van der Waals surface area contributed by atoms with E-state index in [9.17, 15) is 0 Å². The number of rotatable bonds is 4. The van der Waals surface area contributed by atoms with Crippen molar-refractivity contribution in [3.8, 4) is 5.75 Å². The van der Waals surface area contributed by atoms with Crippen LogP contribution in [0.1, 0.15) is 5.56 Å². The van der Waals surface area contributed by atoms with Crippen LogP contribution in [0.15, 0.2) is 48.8 Å². The second-order valence-electron chi connectivity index (χ2n) is 3.49. The van der Waals surface area contributed by atoms with E-state index in [4.69, 9.17) is 10.5 Å². The Morgan fingerprint density at radius 3 is 2.56 bits per heavy atom. The highest BCUT2D eigenvalue weighted by atomic mass is 16.5. The molecule has 16 heavy (non-hydrogen) atoms. The zero-order valence-corrected chi connectivity index (χ0v) is 8.97. The summed E-state index contributed by atoms with van der Waals surface area (Å²) in [7, 11) is 0. The number of nitrogen functional groups attached to an aromatic ring is 1. The fourth-order valence-electron chi connectivity index (χ4n) is 1.44. The van der Waals surface area contributed by atoms with Gasteiger partial charge in [0.15, 0.2) is 0 Å². The van der Waals surface area contributed by atoms with Crippen LogP contribution < -0.4 is 10.5 Å². The van der Waals surface area contributed by atoms with Gasteiger partial charge in [-0.3, -0.25) is 4.98 Å². The first kappa shape index (κ1) is 10.5. The van der Waals surface area contributed by atoms with E-state index in [1.54, 1.807) is 12.4 Å². The Morgan fingerprint density at radius 1 is 1.06 bits per heavy atom. The molecular formula is C13H14N2O. The fourth-order valence-corrected chi connectivity index (χ4v) is 1.44. The van der Waals surface area contributed by atoms with Crippen molar-refractivity contribution >= 4 is 5.69 Å². The van der Waals surface area contributed by atoms with Gasteiger partial charge in [0, 0.05) is 18.8 Å². The molecule has 0 aliphatic carbocycles. The first-order chi connectivity index (χ1) is 7.86. The van der Waals surface area contributed by atoms with Crippen LogP contribution in [0.2, 0.25) is 0 Å². The third-order valence-electron chi connectivity index (χ3n) is 2.32. The molecule has 0 aliphatic rings. The van der Waals surface area contributed by atoms with E-state index in [0.29, 0.717) is 12.3 Å². The highest BCUT2D eigenvalue weighted by molar-refractivity contribution is 5.51. The summed E-state index contributed by atoms with van der Waals surface area (Å²) in [5.74, 6) is 0.747. The van der Waals surface area contributed by atoms with Gasteiger partial charge >= 0.3 is 0 Å². The molecule has 0 aliphatic heterocycles. The molecule has 0 saturated heterocycles. The molecule has 2 rings (SSSR count). The van der Waals surface area contributed by atoms with Gasteiger partial charge in [0.05, 0.1) is 12.3 Å². The highest BCUT2D eigenvalue weighted by Crippen LogP contribution is 2.19. The van der Waals surface area contributed by atoms with E-state index in [1.165, 1.54) is 5.56 Å². The quantitative estimate of drug-likeness (QED) is 0.794. The largest absolute Gasteiger partial charge is 0.491 e. The lowest BCUT2D eigenvalue weighted by Crippen LogP contribution is -2.03. The number of nitrogens with zero attached hydrogens (tertiary/aromatic N) is 1. The van der Waals surface area contributed by atoms with E-state index >= 15 is 0 Å². The monoisotopic (exact) mass is 214 g/mol. The molecule has 0 spiro atoms. The van der Waals surface area contributed by atoms with Crippen LogP contribution >= 0.6 is 0 Å². The van der Waals surface area contributed by atoms with Gasteiger partial charge in [0.2, 0.25) is 0 Å². The second-order valence-corrected chi connectivity index (χ2v) is 3.49. The molecule has 0 radical (unpaired) electrons. The maximum Gasteiger partial charge on any atom is 0.142 e. The number of para-hydroxylation sites is 2. The van der Waals surface area contributed by atoms with Crippen LogP contribution in [-0.2, 0) is 6.42 Å². The van der Waals surface area contributed by atoms with Gasteiger partial charge in [-0.15, -0.1) is 0 Å². The minimum absolute atomic E-state index is 0.623. The van der Waals surface area contributed by atoms with Crippen LogP contribution in [0, 0.1) is 0 Å². The molecule has 0 bridgehead atoms. The predicted molar refractivity (Wildman–Crippen MR) is 64.3 cm³/mol. The lowest BCUT2D eigenvalue weighted by Gasteiger charge is -2.08. The molecule has 0 atom stereocenters. The molecule has 0 unspecified atom stereocenters. The first-order valence-electron chi connectivity index (χ1n) is 5.22. The Hall–Kier alpha value is -2.03. The lowest BCUT2D eigenvalue weighted by atomic mass is 10.2. The molecule has 82 valence electrons. The van der Waals surface area contributed by atoms with Crippen molar-refractivity contribution in [1.82, 2.24) is 4.98 Å². The molecule has 0 saturated carbocycles. The molecule has 0 amide bonds. The molecule has 1 heterocycles. The average molecular weight is 214 g/mol. The Balaban J connectivity index is 1.87. The number of aromatic nitrogens is 1. The Bertz CT molecular complexity index is 443. The van der Waals surface area contributed by atoms with E-state index in [0.717, 1.165) is 12.2 Å². The summed E-state index contributed by atoms with van der Waals surface area (Å²) in [6, 6.07) is 11.5. The molecule has 2 N–H and O–H groups in total. The summed E-state index contributed by atoms with van der Waals surface area (Å²) in [6.45, 7) is 0.623. The SMILES string of the molecule is Nc1ccccc1OCCc1ccncc1. The number of nitrogens with two attached hydrogens (primary N) is 1. The number of hydrogen-bond donors (Lipinski definition) is 1. The van der Waals surface area contributed by atoms with Crippen molar-refractivity contribution in [3.63, 3.8) is 0 Å². The number of benzene rings is 1. The van der Waals surface area contributed by atoms with Gasteiger partial charge in [-0.1, -0.05) is 12.1 Å². The van der Waals surface area contributed by atoms with E-state index < -0.39 is 0 Å². The lowest BCUT2D eigenvalue weighted by molar-refractivity contribution is 0.323. The predicted octanol–water partition coefficient (Wildman–Crippen LogP) is 2.29. The fraction of sp³-hybridized carbons (Fsp3) is 0.154. The van der Waals surface area contributed by atoms with Crippen LogP contribution in [0.3, 0.4) is 0 Å². The van der Waals surface area contributed by atoms with Crippen molar-refractivity contribution in [3.05, 3.63) is 54.4 Å². The molecule has 0 fully saturated rings. The Morgan fingerprint density at radius 2 is 1.81 bits per heavy atom. The maximum atomic E-state index is 5.77. The van der Waals surface area contributed by atoms with Gasteiger partial charge < -0.3 is 10.5 Å². The minimum atomic E-state index is 0.623. The number of hydrogen-bond acceptors (Lipinski definition) is 3. The summed E-state index contributed by atoms with van der Waals surface area (Å²) in [5.41, 5.74) is 7.66. The summed E-state index contributed by atoms with van der Waals surface area (Å²) < 4.78 is 5.60. The molecule has 3 nitrogen and oxygen atoms in total. The Kier molecular flexibility index (Phi) is 3.38. The number of ether oxygens (including phenoxy) is 1. The van der Waals surface area contributed by atoms with Crippen molar-refractivity contribution in [2.24, 2.45) is 0 Å². The van der Waals surface area contributed by atoms with Crippen LogP contribution in [0.5, 0.6) is 5.75 Å². The topological polar surface area (TPSA) is 48.1 Å². The Labute approximate surface area is 94.9 Å². The van der Waals surface area contributed by atoms with Crippen molar-refractivity contribution in [1.29, 1.82) is 0 Å². The van der Waals surface area contributed by atoms with E-state index in [1.807, 2.05) is 36.4 Å². The van der Waals surface area contributed by atoms with Crippen LogP contribution in [0.4, 0.5) is 5.69 Å². The van der Waals surface area contributed by atoms with Gasteiger partial charge in [0.1, 0.15) is 5.75 Å². The van der Waals surface area contributed by atoms with Gasteiger partial charge in [-0.25, -0.2) is 0 Å². The third kappa shape index (κ3) is 2.73. The molecule has 1 aromatic heterocycles.